The number of halogens is 1. The Kier molecular flexibility index (Phi) is 3.80. The average Bonchev–Trinajstić information content (AvgIpc) is 2.36. The number of hydrogen-bond donors (Lipinski definition) is 2. The Hall–Kier alpha value is -2.36. The Morgan fingerprint density at radius 2 is 1.79 bits per heavy atom. The zero-order chi connectivity index (χ0) is 13.8. The number of rotatable bonds is 4. The summed E-state index contributed by atoms with van der Waals surface area (Å²) in [6.45, 7) is 0. The van der Waals surface area contributed by atoms with E-state index in [0.29, 0.717) is 11.3 Å². The Bertz CT molecular complexity index is 594. The summed E-state index contributed by atoms with van der Waals surface area (Å²) in [5.74, 6) is -0.799. The number of ketones is 1. The van der Waals surface area contributed by atoms with Crippen LogP contribution < -0.4 is 5.73 Å². The van der Waals surface area contributed by atoms with Crippen LogP contribution in [-0.4, -0.2) is 10.9 Å². The third-order valence-electron chi connectivity index (χ3n) is 2.81. The summed E-state index contributed by atoms with van der Waals surface area (Å²) in [5, 5.41) is 9.10. The van der Waals surface area contributed by atoms with Gasteiger partial charge >= 0.3 is 0 Å². The molecule has 0 heterocycles. The number of nitrogen functional groups attached to an aromatic ring is 1. The molecule has 98 valence electrons. The molecule has 0 aliphatic rings. The van der Waals surface area contributed by atoms with Gasteiger partial charge in [-0.1, -0.05) is 18.2 Å². The highest BCUT2D eigenvalue weighted by Crippen LogP contribution is 2.16. The maximum atomic E-state index is 13.5. The van der Waals surface area contributed by atoms with E-state index in [1.807, 2.05) is 0 Å². The topological polar surface area (TPSA) is 63.3 Å². The molecular weight excluding hydrogens is 245 g/mol. The SMILES string of the molecule is Nc1ccc(CC(=O)Cc2ccc(O)cc2F)cc1. The van der Waals surface area contributed by atoms with Crippen molar-refractivity contribution < 1.29 is 14.3 Å². The van der Waals surface area contributed by atoms with Gasteiger partial charge in [0.05, 0.1) is 0 Å². The number of aromatic hydroxyl groups is 1. The van der Waals surface area contributed by atoms with Gasteiger partial charge in [-0.3, -0.25) is 4.79 Å². The molecule has 2 rings (SSSR count). The van der Waals surface area contributed by atoms with Crippen LogP contribution >= 0.6 is 0 Å². The minimum Gasteiger partial charge on any atom is -0.508 e. The first kappa shape index (κ1) is 13.1. The molecule has 0 saturated heterocycles. The van der Waals surface area contributed by atoms with Crippen LogP contribution in [0.25, 0.3) is 0 Å². The summed E-state index contributed by atoms with van der Waals surface area (Å²) < 4.78 is 13.5. The van der Waals surface area contributed by atoms with Gasteiger partial charge in [-0.15, -0.1) is 0 Å². The molecule has 2 aromatic rings. The molecule has 0 atom stereocenters. The van der Waals surface area contributed by atoms with Crippen LogP contribution in [-0.2, 0) is 17.6 Å². The minimum atomic E-state index is -0.564. The van der Waals surface area contributed by atoms with Gasteiger partial charge in [0.25, 0.3) is 0 Å². The zero-order valence-corrected chi connectivity index (χ0v) is 10.3. The van der Waals surface area contributed by atoms with E-state index in [9.17, 15) is 9.18 Å². The Morgan fingerprint density at radius 1 is 1.11 bits per heavy atom. The lowest BCUT2D eigenvalue weighted by Gasteiger charge is -2.04. The molecule has 0 spiro atoms. The van der Waals surface area contributed by atoms with E-state index in [4.69, 9.17) is 10.8 Å². The zero-order valence-electron chi connectivity index (χ0n) is 10.3. The van der Waals surface area contributed by atoms with Crippen LogP contribution in [0.4, 0.5) is 10.1 Å². The molecule has 2 aromatic carbocycles. The summed E-state index contributed by atoms with van der Waals surface area (Å²) in [6.07, 6.45) is 0.247. The number of anilines is 1. The summed E-state index contributed by atoms with van der Waals surface area (Å²) in [5.41, 5.74) is 7.33. The van der Waals surface area contributed by atoms with Gasteiger partial charge in [0.1, 0.15) is 17.3 Å². The van der Waals surface area contributed by atoms with Crippen molar-refractivity contribution in [3.05, 3.63) is 59.4 Å². The van der Waals surface area contributed by atoms with Crippen molar-refractivity contribution in [2.45, 2.75) is 12.8 Å². The van der Waals surface area contributed by atoms with E-state index in [1.165, 1.54) is 12.1 Å². The summed E-state index contributed by atoms with van der Waals surface area (Å²) >= 11 is 0. The molecule has 0 saturated carbocycles. The predicted octanol–water partition coefficient (Wildman–Crippen LogP) is 2.47. The Balaban J connectivity index is 2.03. The lowest BCUT2D eigenvalue weighted by Crippen LogP contribution is -2.08. The molecule has 0 bridgehead atoms. The van der Waals surface area contributed by atoms with E-state index >= 15 is 0 Å². The molecular formula is C15H14FNO2. The number of hydrogen-bond acceptors (Lipinski definition) is 3. The molecule has 0 radical (unpaired) electrons. The fraction of sp³-hybridized carbons (Fsp3) is 0.133. The molecule has 0 aliphatic carbocycles. The van der Waals surface area contributed by atoms with Gasteiger partial charge in [0, 0.05) is 24.6 Å². The maximum absolute atomic E-state index is 13.5. The predicted molar refractivity (Wildman–Crippen MR) is 71.3 cm³/mol. The smallest absolute Gasteiger partial charge is 0.141 e. The van der Waals surface area contributed by atoms with Crippen LogP contribution in [0.3, 0.4) is 0 Å². The molecule has 0 fully saturated rings. The summed E-state index contributed by atoms with van der Waals surface area (Å²) in [7, 11) is 0. The van der Waals surface area contributed by atoms with Crippen molar-refractivity contribution in [2.24, 2.45) is 0 Å². The third kappa shape index (κ3) is 3.55. The fourth-order valence-electron chi connectivity index (χ4n) is 1.82. The second-order valence-electron chi connectivity index (χ2n) is 4.41. The van der Waals surface area contributed by atoms with Crippen LogP contribution in [0.15, 0.2) is 42.5 Å². The second kappa shape index (κ2) is 5.52. The molecule has 3 nitrogen and oxygen atoms in total. The Morgan fingerprint density at radius 3 is 2.42 bits per heavy atom. The summed E-state index contributed by atoms with van der Waals surface area (Å²) in [6, 6.07) is 10.8. The molecule has 0 unspecified atom stereocenters. The Labute approximate surface area is 110 Å². The first-order valence-electron chi connectivity index (χ1n) is 5.88. The van der Waals surface area contributed by atoms with E-state index in [0.717, 1.165) is 11.6 Å². The maximum Gasteiger partial charge on any atom is 0.141 e. The van der Waals surface area contributed by atoms with Gasteiger partial charge in [-0.2, -0.15) is 0 Å². The minimum absolute atomic E-state index is 0.0104. The van der Waals surface area contributed by atoms with E-state index in [2.05, 4.69) is 0 Å². The van der Waals surface area contributed by atoms with Crippen LogP contribution in [0.2, 0.25) is 0 Å². The highest BCUT2D eigenvalue weighted by molar-refractivity contribution is 5.83. The highest BCUT2D eigenvalue weighted by Gasteiger charge is 2.09. The largest absolute Gasteiger partial charge is 0.508 e. The molecule has 0 aliphatic heterocycles. The van der Waals surface area contributed by atoms with E-state index < -0.39 is 5.82 Å². The number of carbonyl (C=O) groups is 1. The molecule has 4 heteroatoms. The van der Waals surface area contributed by atoms with Crippen LogP contribution in [0.5, 0.6) is 5.75 Å². The summed E-state index contributed by atoms with van der Waals surface area (Å²) in [4.78, 5) is 11.8. The van der Waals surface area contributed by atoms with Gasteiger partial charge in [-0.05, 0) is 29.3 Å². The van der Waals surface area contributed by atoms with Crippen molar-refractivity contribution >= 4 is 11.5 Å². The third-order valence-corrected chi connectivity index (χ3v) is 2.81. The molecule has 19 heavy (non-hydrogen) atoms. The van der Waals surface area contributed by atoms with E-state index in [-0.39, 0.29) is 24.4 Å². The van der Waals surface area contributed by atoms with Crippen molar-refractivity contribution in [2.75, 3.05) is 5.73 Å². The van der Waals surface area contributed by atoms with Crippen molar-refractivity contribution in [1.29, 1.82) is 0 Å². The number of carbonyl (C=O) groups excluding carboxylic acids is 1. The van der Waals surface area contributed by atoms with Gasteiger partial charge in [0.15, 0.2) is 0 Å². The van der Waals surface area contributed by atoms with Gasteiger partial charge in [0.2, 0.25) is 0 Å². The van der Waals surface area contributed by atoms with Crippen molar-refractivity contribution in [3.63, 3.8) is 0 Å². The van der Waals surface area contributed by atoms with Crippen molar-refractivity contribution in [1.82, 2.24) is 0 Å². The normalized spacial score (nSPS) is 10.4. The van der Waals surface area contributed by atoms with Crippen LogP contribution in [0, 0.1) is 5.82 Å². The average molecular weight is 259 g/mol. The lowest BCUT2D eigenvalue weighted by molar-refractivity contribution is -0.117. The number of Topliss-reactive ketones (excluding diaryl/α,β-unsaturated/α-hetero) is 1. The standard InChI is InChI=1S/C15H14FNO2/c16-15-9-13(18)6-3-11(15)8-14(19)7-10-1-4-12(17)5-2-10/h1-6,9,18H,7-8,17H2. The van der Waals surface area contributed by atoms with Gasteiger partial charge < -0.3 is 10.8 Å². The molecule has 0 aromatic heterocycles. The lowest BCUT2D eigenvalue weighted by atomic mass is 10.0. The monoisotopic (exact) mass is 259 g/mol. The number of phenolic OH excluding ortho intramolecular Hbond substituents is 1. The van der Waals surface area contributed by atoms with Crippen molar-refractivity contribution in [3.8, 4) is 5.75 Å². The fourth-order valence-corrected chi connectivity index (χ4v) is 1.82. The molecule has 3 N–H and O–H groups in total. The second-order valence-corrected chi connectivity index (χ2v) is 4.41. The highest BCUT2D eigenvalue weighted by atomic mass is 19.1. The van der Waals surface area contributed by atoms with E-state index in [1.54, 1.807) is 24.3 Å². The quantitative estimate of drug-likeness (QED) is 0.829. The van der Waals surface area contributed by atoms with Crippen LogP contribution in [0.1, 0.15) is 11.1 Å². The number of nitrogens with two attached hydrogens (primary N) is 1. The number of phenols is 1. The first-order valence-corrected chi connectivity index (χ1v) is 5.88. The first-order chi connectivity index (χ1) is 9.04. The molecule has 0 amide bonds. The number of benzene rings is 2. The van der Waals surface area contributed by atoms with Gasteiger partial charge in [-0.25, -0.2) is 4.39 Å².